The number of piperazine rings is 1. The van der Waals surface area contributed by atoms with E-state index in [0.29, 0.717) is 39.8 Å². The number of aliphatic hydroxyl groups excluding tert-OH is 1. The molecular weight excluding hydrogens is 772 g/mol. The molecule has 14 nitrogen and oxygen atoms in total. The standard InChI is InChI=1S/C44H47ClN8O6/c1-43(2)41(44(3,4)42(43)59-31-11-8-27(24-46)34(45)23-31)50-37(54)28-9-15-36(48-26-28)52-19-17-51(18-20-52)16-6-5-7-21-58-30-12-13-32-33(22-30)40(57)53(39(32)56)35-14-10-29(25-47)49-38(35)55/h8-15,22-23,26,40-42,57H,5-7,16-21H2,1-4H3,(H,49,55)(H,50,54). The monoisotopic (exact) mass is 818 g/mol. The second-order valence-corrected chi connectivity index (χ2v) is 16.8. The number of nitrogens with one attached hydrogen (secondary N) is 2. The SMILES string of the molecule is CC1(C)C(NC(=O)c2ccc(N3CCN(CCCCCOc4ccc5c(c4)C(O)N(c4ccc(C#N)[nH]c4=O)C5=O)CC3)nc2)C(C)(C)C1Oc1ccc(C#N)c(Cl)c1. The van der Waals surface area contributed by atoms with E-state index in [-0.39, 0.29) is 45.8 Å². The lowest BCUT2D eigenvalue weighted by Gasteiger charge is -2.63. The van der Waals surface area contributed by atoms with Crippen LogP contribution in [0.25, 0.3) is 0 Å². The summed E-state index contributed by atoms with van der Waals surface area (Å²) in [5.74, 6) is 1.28. The third-order valence-corrected chi connectivity index (χ3v) is 12.1. The van der Waals surface area contributed by atoms with Crippen molar-refractivity contribution in [2.45, 2.75) is 65.3 Å². The van der Waals surface area contributed by atoms with Crippen LogP contribution in [-0.2, 0) is 0 Å². The number of ether oxygens (including phenoxy) is 2. The van der Waals surface area contributed by atoms with E-state index in [1.165, 1.54) is 12.1 Å². The maximum absolute atomic E-state index is 13.4. The maximum Gasteiger partial charge on any atom is 0.273 e. The first kappa shape index (κ1) is 41.2. The molecule has 1 saturated heterocycles. The normalized spacial score (nSPS) is 20.5. The smallest absolute Gasteiger partial charge is 0.273 e. The predicted octanol–water partition coefficient (Wildman–Crippen LogP) is 5.80. The predicted molar refractivity (Wildman–Crippen MR) is 222 cm³/mol. The summed E-state index contributed by atoms with van der Waals surface area (Å²) in [7, 11) is 0. The van der Waals surface area contributed by atoms with Crippen molar-refractivity contribution in [1.82, 2.24) is 20.2 Å². The van der Waals surface area contributed by atoms with Crippen molar-refractivity contribution in [3.8, 4) is 23.6 Å². The molecular formula is C44H47ClN8O6. The molecule has 306 valence electrons. The number of pyridine rings is 2. The van der Waals surface area contributed by atoms with Gasteiger partial charge in [-0.25, -0.2) is 4.98 Å². The highest BCUT2D eigenvalue weighted by Gasteiger charge is 2.64. The Bertz CT molecular complexity index is 2360. The number of halogens is 1. The molecule has 15 heteroatoms. The van der Waals surface area contributed by atoms with Crippen molar-refractivity contribution < 1.29 is 24.2 Å². The van der Waals surface area contributed by atoms with Crippen molar-refractivity contribution >= 4 is 34.9 Å². The quantitative estimate of drug-likeness (QED) is 0.138. The molecule has 2 aromatic carbocycles. The summed E-state index contributed by atoms with van der Waals surface area (Å²) < 4.78 is 12.3. The number of nitrogens with zero attached hydrogens (tertiary/aromatic N) is 6. The Kier molecular flexibility index (Phi) is 11.7. The van der Waals surface area contributed by atoms with E-state index in [1.807, 2.05) is 18.2 Å². The number of aromatic amines is 1. The Balaban J connectivity index is 0.814. The molecule has 4 aromatic rings. The number of carbonyl (C=O) groups excluding carboxylic acids is 2. The van der Waals surface area contributed by atoms with E-state index >= 15 is 0 Å². The number of nitriles is 2. The summed E-state index contributed by atoms with van der Waals surface area (Å²) in [6, 6.07) is 20.2. The summed E-state index contributed by atoms with van der Waals surface area (Å²) >= 11 is 6.24. The summed E-state index contributed by atoms with van der Waals surface area (Å²) in [5, 5.41) is 32.7. The molecule has 0 bridgehead atoms. The van der Waals surface area contributed by atoms with Gasteiger partial charge in [0.15, 0.2) is 6.23 Å². The van der Waals surface area contributed by atoms with Crippen LogP contribution in [0.3, 0.4) is 0 Å². The molecule has 7 rings (SSSR count). The van der Waals surface area contributed by atoms with Gasteiger partial charge >= 0.3 is 0 Å². The average Bonchev–Trinajstić information content (AvgIpc) is 3.47. The van der Waals surface area contributed by atoms with Gasteiger partial charge in [0.1, 0.15) is 46.9 Å². The van der Waals surface area contributed by atoms with E-state index in [1.54, 1.807) is 42.6 Å². The molecule has 1 atom stereocenters. The molecule has 2 aliphatic heterocycles. The molecule has 1 saturated carbocycles. The van der Waals surface area contributed by atoms with Crippen LogP contribution in [0.2, 0.25) is 5.02 Å². The number of hydrogen-bond donors (Lipinski definition) is 3. The number of hydrogen-bond acceptors (Lipinski definition) is 11. The first-order chi connectivity index (χ1) is 28.2. The average molecular weight is 819 g/mol. The Morgan fingerprint density at radius 1 is 0.949 bits per heavy atom. The van der Waals surface area contributed by atoms with Gasteiger partial charge in [-0.1, -0.05) is 39.3 Å². The molecule has 2 fully saturated rings. The Morgan fingerprint density at radius 2 is 1.69 bits per heavy atom. The van der Waals surface area contributed by atoms with Crippen LogP contribution >= 0.6 is 11.6 Å². The number of H-pyrrole nitrogens is 1. The minimum absolute atomic E-state index is 0.0387. The first-order valence-electron chi connectivity index (χ1n) is 19.7. The van der Waals surface area contributed by atoms with Crippen LogP contribution in [0.5, 0.6) is 11.5 Å². The number of unbranched alkanes of at least 4 members (excludes halogenated alkanes) is 2. The highest BCUT2D eigenvalue weighted by atomic mass is 35.5. The van der Waals surface area contributed by atoms with E-state index in [4.69, 9.17) is 26.3 Å². The van der Waals surface area contributed by atoms with Crippen molar-refractivity contribution in [2.24, 2.45) is 10.8 Å². The number of anilines is 2. The van der Waals surface area contributed by atoms with Crippen LogP contribution < -0.4 is 30.1 Å². The Morgan fingerprint density at radius 3 is 2.36 bits per heavy atom. The second kappa shape index (κ2) is 16.7. The highest BCUT2D eigenvalue weighted by molar-refractivity contribution is 6.31. The molecule has 3 aliphatic rings. The summed E-state index contributed by atoms with van der Waals surface area (Å²) in [6.07, 6.45) is 2.92. The summed E-state index contributed by atoms with van der Waals surface area (Å²) in [6.45, 7) is 13.2. The number of fused-ring (bicyclic) bond motifs is 1. The molecule has 0 spiro atoms. The van der Waals surface area contributed by atoms with E-state index in [9.17, 15) is 24.8 Å². The van der Waals surface area contributed by atoms with Gasteiger partial charge < -0.3 is 29.8 Å². The van der Waals surface area contributed by atoms with Gasteiger partial charge in [0.2, 0.25) is 0 Å². The van der Waals surface area contributed by atoms with Gasteiger partial charge in [-0.05, 0) is 80.4 Å². The lowest BCUT2D eigenvalue weighted by molar-refractivity contribution is -0.164. The largest absolute Gasteiger partial charge is 0.494 e. The van der Waals surface area contributed by atoms with Gasteiger partial charge in [0.25, 0.3) is 17.4 Å². The third kappa shape index (κ3) is 8.21. The minimum atomic E-state index is -1.35. The molecule has 2 aromatic heterocycles. The number of rotatable bonds is 13. The summed E-state index contributed by atoms with van der Waals surface area (Å²) in [4.78, 5) is 51.7. The molecule has 0 radical (unpaired) electrons. The van der Waals surface area contributed by atoms with E-state index in [2.05, 4.69) is 58.8 Å². The molecule has 3 N–H and O–H groups in total. The fraction of sp³-hybridized carbons (Fsp3) is 0.409. The topological polar surface area (TPSA) is 188 Å². The highest BCUT2D eigenvalue weighted by Crippen LogP contribution is 2.55. The van der Waals surface area contributed by atoms with Gasteiger partial charge in [-0.2, -0.15) is 10.5 Å². The zero-order valence-electron chi connectivity index (χ0n) is 33.5. The zero-order chi connectivity index (χ0) is 42.1. The van der Waals surface area contributed by atoms with Gasteiger partial charge in [0, 0.05) is 66.4 Å². The van der Waals surface area contributed by atoms with Crippen molar-refractivity contribution in [2.75, 3.05) is 49.1 Å². The van der Waals surface area contributed by atoms with Gasteiger partial charge in [0.05, 0.1) is 22.8 Å². The fourth-order valence-electron chi connectivity index (χ4n) is 8.90. The van der Waals surface area contributed by atoms with E-state index < -0.39 is 17.7 Å². The van der Waals surface area contributed by atoms with Gasteiger partial charge in [-0.15, -0.1) is 0 Å². The number of amides is 2. The third-order valence-electron chi connectivity index (χ3n) is 11.8. The minimum Gasteiger partial charge on any atom is -0.494 e. The van der Waals surface area contributed by atoms with Crippen LogP contribution in [0.15, 0.2) is 71.7 Å². The number of carbonyl (C=O) groups is 2. The van der Waals surface area contributed by atoms with Crippen LogP contribution in [-0.4, -0.2) is 83.3 Å². The van der Waals surface area contributed by atoms with Gasteiger partial charge in [-0.3, -0.25) is 24.2 Å². The Hall–Kier alpha value is -5.93. The lowest BCUT2D eigenvalue weighted by atomic mass is 9.49. The van der Waals surface area contributed by atoms with Crippen molar-refractivity contribution in [1.29, 1.82) is 10.5 Å². The molecule has 2 amide bonds. The second-order valence-electron chi connectivity index (χ2n) is 16.4. The Labute approximate surface area is 347 Å². The van der Waals surface area contributed by atoms with Crippen LogP contribution in [0.1, 0.15) is 90.7 Å². The molecule has 1 unspecified atom stereocenters. The van der Waals surface area contributed by atoms with Crippen molar-refractivity contribution in [3.63, 3.8) is 0 Å². The lowest BCUT2D eigenvalue weighted by Crippen LogP contribution is -2.74. The fourth-order valence-corrected chi connectivity index (χ4v) is 9.12. The molecule has 1 aliphatic carbocycles. The first-order valence-corrected chi connectivity index (χ1v) is 20.1. The number of aliphatic hydroxyl groups is 1. The zero-order valence-corrected chi connectivity index (χ0v) is 34.3. The van der Waals surface area contributed by atoms with Crippen molar-refractivity contribution in [3.05, 3.63) is 110 Å². The van der Waals surface area contributed by atoms with Crippen LogP contribution in [0.4, 0.5) is 11.5 Å². The molecule has 59 heavy (non-hydrogen) atoms. The number of aromatic nitrogens is 2. The summed E-state index contributed by atoms with van der Waals surface area (Å²) in [5.41, 5.74) is 0.181. The van der Waals surface area contributed by atoms with E-state index in [0.717, 1.165) is 62.7 Å². The molecule has 4 heterocycles. The number of benzene rings is 2. The maximum atomic E-state index is 13.4. The van der Waals surface area contributed by atoms with Crippen LogP contribution in [0, 0.1) is 33.5 Å².